The number of hydrogen-bond donors (Lipinski definition) is 1. The van der Waals surface area contributed by atoms with Gasteiger partial charge in [0, 0.05) is 55.6 Å². The molecule has 0 radical (unpaired) electrons. The Morgan fingerprint density at radius 2 is 1.71 bits per heavy atom. The molecule has 1 N–H and O–H groups in total. The number of anilines is 1. The van der Waals surface area contributed by atoms with Gasteiger partial charge in [0.2, 0.25) is 5.95 Å². The van der Waals surface area contributed by atoms with Crippen LogP contribution in [0.3, 0.4) is 0 Å². The summed E-state index contributed by atoms with van der Waals surface area (Å²) >= 11 is 0. The summed E-state index contributed by atoms with van der Waals surface area (Å²) in [5.74, 6) is 0.482. The highest BCUT2D eigenvalue weighted by molar-refractivity contribution is 5.59. The number of aromatic nitrogens is 4. The van der Waals surface area contributed by atoms with E-state index in [2.05, 4.69) is 20.2 Å². The third-order valence-electron chi connectivity index (χ3n) is 4.68. The Morgan fingerprint density at radius 1 is 1.00 bits per heavy atom. The average molecular weight is 389 g/mol. The zero-order valence-corrected chi connectivity index (χ0v) is 14.9. The summed E-state index contributed by atoms with van der Waals surface area (Å²) in [6, 6.07) is 5.32. The van der Waals surface area contributed by atoms with Crippen LogP contribution < -0.4 is 9.64 Å². The van der Waals surface area contributed by atoms with Crippen LogP contribution in [-0.2, 0) is 6.18 Å². The van der Waals surface area contributed by atoms with Crippen LogP contribution in [0.2, 0.25) is 0 Å². The van der Waals surface area contributed by atoms with E-state index in [0.29, 0.717) is 31.9 Å². The van der Waals surface area contributed by atoms with Crippen molar-refractivity contribution in [3.05, 3.63) is 54.6 Å². The van der Waals surface area contributed by atoms with Crippen LogP contribution in [0.4, 0.5) is 19.1 Å². The first kappa shape index (κ1) is 18.3. The monoisotopic (exact) mass is 389 g/mol. The number of ether oxygens (including phenoxy) is 1. The predicted octanol–water partition coefficient (Wildman–Crippen LogP) is 3.93. The summed E-state index contributed by atoms with van der Waals surface area (Å²) in [5.41, 5.74) is 1.03. The highest BCUT2D eigenvalue weighted by Crippen LogP contribution is 2.37. The average Bonchev–Trinajstić information content (AvgIpc) is 3.23. The molecule has 28 heavy (non-hydrogen) atoms. The lowest BCUT2D eigenvalue weighted by atomic mass is 10.1. The van der Waals surface area contributed by atoms with Gasteiger partial charge in [-0.3, -0.25) is 5.10 Å². The van der Waals surface area contributed by atoms with Gasteiger partial charge in [0.05, 0.1) is 11.8 Å². The molecule has 0 spiro atoms. The van der Waals surface area contributed by atoms with Crippen LogP contribution in [0.5, 0.6) is 5.75 Å². The van der Waals surface area contributed by atoms with Crippen molar-refractivity contribution in [2.75, 3.05) is 18.0 Å². The van der Waals surface area contributed by atoms with Crippen molar-refractivity contribution >= 4 is 5.95 Å². The van der Waals surface area contributed by atoms with Crippen LogP contribution in [0.25, 0.3) is 11.1 Å². The van der Waals surface area contributed by atoms with Crippen molar-refractivity contribution < 1.29 is 17.9 Å². The van der Waals surface area contributed by atoms with Crippen LogP contribution in [0, 0.1) is 0 Å². The van der Waals surface area contributed by atoms with Crippen molar-refractivity contribution in [3.8, 4) is 16.9 Å². The molecule has 0 aliphatic carbocycles. The van der Waals surface area contributed by atoms with E-state index >= 15 is 0 Å². The summed E-state index contributed by atoms with van der Waals surface area (Å²) in [4.78, 5) is 10.8. The highest BCUT2D eigenvalue weighted by atomic mass is 19.4. The molecule has 0 atom stereocenters. The number of piperidine rings is 1. The maximum atomic E-state index is 13.1. The molecule has 0 saturated carbocycles. The number of nitrogens with zero attached hydrogens (tertiary/aromatic N) is 4. The Morgan fingerprint density at radius 3 is 2.36 bits per heavy atom. The molecule has 0 amide bonds. The molecule has 4 rings (SSSR count). The van der Waals surface area contributed by atoms with E-state index in [-0.39, 0.29) is 11.9 Å². The molecule has 1 aromatic carbocycles. The lowest BCUT2D eigenvalue weighted by Crippen LogP contribution is -2.39. The van der Waals surface area contributed by atoms with E-state index < -0.39 is 11.7 Å². The minimum Gasteiger partial charge on any atom is -0.490 e. The number of aromatic amines is 1. The second-order valence-electron chi connectivity index (χ2n) is 6.56. The van der Waals surface area contributed by atoms with E-state index in [1.807, 2.05) is 4.90 Å². The fourth-order valence-corrected chi connectivity index (χ4v) is 3.20. The molecule has 1 aliphatic heterocycles. The van der Waals surface area contributed by atoms with Crippen LogP contribution in [0.15, 0.2) is 49.1 Å². The third kappa shape index (κ3) is 3.92. The summed E-state index contributed by atoms with van der Waals surface area (Å²) in [5, 5.41) is 6.64. The van der Waals surface area contributed by atoms with Crippen LogP contribution in [-0.4, -0.2) is 39.4 Å². The molecule has 0 unspecified atom stereocenters. The first-order valence-corrected chi connectivity index (χ1v) is 8.90. The zero-order chi connectivity index (χ0) is 19.6. The molecule has 1 fully saturated rings. The second kappa shape index (κ2) is 7.49. The summed E-state index contributed by atoms with van der Waals surface area (Å²) in [7, 11) is 0. The van der Waals surface area contributed by atoms with Crippen molar-refractivity contribution in [1.82, 2.24) is 20.2 Å². The Labute approximate surface area is 159 Å². The van der Waals surface area contributed by atoms with E-state index in [9.17, 15) is 13.2 Å². The fraction of sp³-hybridized carbons (Fsp3) is 0.316. The smallest absolute Gasteiger partial charge is 0.419 e. The van der Waals surface area contributed by atoms with E-state index in [1.165, 1.54) is 12.1 Å². The number of rotatable bonds is 4. The Balaban J connectivity index is 1.38. The number of H-pyrrole nitrogens is 1. The number of hydrogen-bond acceptors (Lipinski definition) is 5. The Hall–Kier alpha value is -3.10. The normalized spacial score (nSPS) is 15.6. The first-order chi connectivity index (χ1) is 13.5. The molecule has 146 valence electrons. The Bertz CT molecular complexity index is 904. The number of para-hydroxylation sites is 1. The predicted molar refractivity (Wildman–Crippen MR) is 96.9 cm³/mol. The standard InChI is InChI=1S/C19H18F3N5O/c20-19(21,22)16-3-1-2-4-17(16)28-15-5-7-27(8-6-15)18-23-9-13(10-24-18)14-11-25-26-12-14/h1-4,9-12,15H,5-8H2,(H,25,26). The lowest BCUT2D eigenvalue weighted by molar-refractivity contribution is -0.139. The fourth-order valence-electron chi connectivity index (χ4n) is 3.20. The molecule has 1 aliphatic rings. The summed E-state index contributed by atoms with van der Waals surface area (Å²) < 4.78 is 45.0. The number of alkyl halides is 3. The van der Waals surface area contributed by atoms with Crippen molar-refractivity contribution in [2.45, 2.75) is 25.1 Å². The van der Waals surface area contributed by atoms with Gasteiger partial charge in [0.25, 0.3) is 0 Å². The van der Waals surface area contributed by atoms with Gasteiger partial charge in [-0.25, -0.2) is 9.97 Å². The largest absolute Gasteiger partial charge is 0.490 e. The molecule has 1 saturated heterocycles. The number of benzene rings is 1. The maximum absolute atomic E-state index is 13.1. The van der Waals surface area contributed by atoms with Crippen molar-refractivity contribution in [2.24, 2.45) is 0 Å². The molecular formula is C19H18F3N5O. The molecular weight excluding hydrogens is 371 g/mol. The van der Waals surface area contributed by atoms with Gasteiger partial charge in [0.15, 0.2) is 0 Å². The van der Waals surface area contributed by atoms with Gasteiger partial charge < -0.3 is 9.64 Å². The molecule has 3 aromatic rings. The van der Waals surface area contributed by atoms with Crippen LogP contribution in [0.1, 0.15) is 18.4 Å². The minimum atomic E-state index is -4.43. The van der Waals surface area contributed by atoms with Gasteiger partial charge in [-0.05, 0) is 12.1 Å². The Kier molecular flexibility index (Phi) is 4.89. The SMILES string of the molecule is FC(F)(F)c1ccccc1OC1CCN(c2ncc(-c3cn[nH]c3)cn2)CC1. The van der Waals surface area contributed by atoms with Gasteiger partial charge in [0.1, 0.15) is 11.9 Å². The molecule has 0 bridgehead atoms. The number of nitrogens with one attached hydrogen (secondary N) is 1. The van der Waals surface area contributed by atoms with E-state index in [0.717, 1.165) is 17.2 Å². The second-order valence-corrected chi connectivity index (χ2v) is 6.56. The van der Waals surface area contributed by atoms with Crippen molar-refractivity contribution in [1.29, 1.82) is 0 Å². The first-order valence-electron chi connectivity index (χ1n) is 8.90. The van der Waals surface area contributed by atoms with Crippen LogP contribution >= 0.6 is 0 Å². The molecule has 2 aromatic heterocycles. The van der Waals surface area contributed by atoms with Crippen molar-refractivity contribution in [3.63, 3.8) is 0 Å². The van der Waals surface area contributed by atoms with Gasteiger partial charge in [-0.15, -0.1) is 0 Å². The third-order valence-corrected chi connectivity index (χ3v) is 4.68. The van der Waals surface area contributed by atoms with Gasteiger partial charge in [-0.2, -0.15) is 18.3 Å². The van der Waals surface area contributed by atoms with E-state index in [1.54, 1.807) is 30.9 Å². The molecule has 6 nitrogen and oxygen atoms in total. The topological polar surface area (TPSA) is 66.9 Å². The minimum absolute atomic E-state index is 0.117. The highest BCUT2D eigenvalue weighted by Gasteiger charge is 2.35. The number of halogens is 3. The van der Waals surface area contributed by atoms with Gasteiger partial charge >= 0.3 is 6.18 Å². The van der Waals surface area contributed by atoms with Gasteiger partial charge in [-0.1, -0.05) is 12.1 Å². The lowest BCUT2D eigenvalue weighted by Gasteiger charge is -2.32. The van der Waals surface area contributed by atoms with E-state index in [4.69, 9.17) is 4.74 Å². The quantitative estimate of drug-likeness (QED) is 0.732. The maximum Gasteiger partial charge on any atom is 0.419 e. The summed E-state index contributed by atoms with van der Waals surface area (Å²) in [6.07, 6.45) is 3.41. The molecule has 9 heteroatoms. The zero-order valence-electron chi connectivity index (χ0n) is 14.9. The molecule has 3 heterocycles. The summed E-state index contributed by atoms with van der Waals surface area (Å²) in [6.45, 7) is 1.23.